The van der Waals surface area contributed by atoms with Gasteiger partial charge < -0.3 is 15.8 Å². The monoisotopic (exact) mass is 267 g/mol. The molecule has 0 bridgehead atoms. The van der Waals surface area contributed by atoms with Gasteiger partial charge in [-0.3, -0.25) is 4.90 Å². The maximum Gasteiger partial charge on any atom is 0.165 e. The number of piperazine rings is 1. The topological polar surface area (TPSA) is 50.5 Å². The number of nitrogens with zero attached hydrogens (tertiary/aromatic N) is 1. The van der Waals surface area contributed by atoms with Gasteiger partial charge in [-0.25, -0.2) is 4.39 Å². The van der Waals surface area contributed by atoms with Crippen molar-refractivity contribution in [3.63, 3.8) is 0 Å². The summed E-state index contributed by atoms with van der Waals surface area (Å²) in [5.74, 6) is -0.0604. The van der Waals surface area contributed by atoms with Crippen LogP contribution in [0.3, 0.4) is 0 Å². The van der Waals surface area contributed by atoms with Crippen molar-refractivity contribution in [2.45, 2.75) is 19.0 Å². The van der Waals surface area contributed by atoms with E-state index in [0.717, 1.165) is 25.2 Å². The van der Waals surface area contributed by atoms with Gasteiger partial charge in [0.2, 0.25) is 0 Å². The minimum absolute atomic E-state index is 0.186. The van der Waals surface area contributed by atoms with E-state index in [0.29, 0.717) is 6.61 Å². The molecule has 1 aliphatic rings. The van der Waals surface area contributed by atoms with Crippen molar-refractivity contribution in [3.8, 4) is 5.75 Å². The number of benzene rings is 1. The molecule has 4 nitrogen and oxygen atoms in total. The number of hydrogen-bond acceptors (Lipinski definition) is 4. The van der Waals surface area contributed by atoms with E-state index in [1.165, 1.54) is 6.07 Å². The number of nitrogens with two attached hydrogens (primary N) is 1. The third-order valence-electron chi connectivity index (χ3n) is 3.62. The first-order chi connectivity index (χ1) is 9.13. The van der Waals surface area contributed by atoms with Crippen LogP contribution in [0.2, 0.25) is 0 Å². The summed E-state index contributed by atoms with van der Waals surface area (Å²) in [4.78, 5) is 2.22. The molecule has 0 saturated carbocycles. The quantitative estimate of drug-likeness (QED) is 0.858. The molecule has 0 amide bonds. The summed E-state index contributed by atoms with van der Waals surface area (Å²) in [6.07, 6.45) is 0. The van der Waals surface area contributed by atoms with Crippen LogP contribution in [-0.2, 0) is 0 Å². The number of rotatable bonds is 4. The van der Waals surface area contributed by atoms with E-state index in [1.807, 2.05) is 13.0 Å². The van der Waals surface area contributed by atoms with E-state index in [1.54, 1.807) is 6.07 Å². The van der Waals surface area contributed by atoms with Gasteiger partial charge in [0.1, 0.15) is 0 Å². The van der Waals surface area contributed by atoms with Crippen LogP contribution in [0.25, 0.3) is 0 Å². The smallest absolute Gasteiger partial charge is 0.165 e. The van der Waals surface area contributed by atoms with Crippen LogP contribution in [0.5, 0.6) is 5.75 Å². The lowest BCUT2D eigenvalue weighted by Crippen LogP contribution is -2.53. The highest BCUT2D eigenvalue weighted by atomic mass is 19.1. The first-order valence-corrected chi connectivity index (χ1v) is 6.72. The average molecular weight is 267 g/mol. The normalized spacial score (nSPS) is 22.2. The van der Waals surface area contributed by atoms with Crippen molar-refractivity contribution in [1.82, 2.24) is 10.2 Å². The molecule has 1 aromatic carbocycles. The Morgan fingerprint density at radius 3 is 3.00 bits per heavy atom. The molecule has 2 unspecified atom stereocenters. The van der Waals surface area contributed by atoms with Crippen LogP contribution < -0.4 is 15.8 Å². The molecule has 0 aliphatic carbocycles. The van der Waals surface area contributed by atoms with Crippen molar-refractivity contribution in [2.24, 2.45) is 5.73 Å². The number of likely N-dealkylation sites (N-methyl/N-ethyl adjacent to an activating group) is 1. The van der Waals surface area contributed by atoms with Gasteiger partial charge in [-0.15, -0.1) is 0 Å². The first-order valence-electron chi connectivity index (χ1n) is 6.72. The maximum absolute atomic E-state index is 13.9. The van der Waals surface area contributed by atoms with Crippen LogP contribution in [0.15, 0.2) is 18.2 Å². The molecule has 2 rings (SSSR count). The molecule has 106 valence electrons. The van der Waals surface area contributed by atoms with Gasteiger partial charge in [-0.05, 0) is 31.7 Å². The van der Waals surface area contributed by atoms with Gasteiger partial charge in [-0.2, -0.15) is 0 Å². The standard InChI is InChI=1S/C14H22FN3O/c1-3-19-13-5-4-10(8-11(13)15)14(16)12-9-17-6-7-18(12)2/h4-5,8,12,14,17H,3,6-7,9,16H2,1-2H3. The van der Waals surface area contributed by atoms with Crippen molar-refractivity contribution in [1.29, 1.82) is 0 Å². The summed E-state index contributed by atoms with van der Waals surface area (Å²) in [5, 5.41) is 3.32. The highest BCUT2D eigenvalue weighted by Crippen LogP contribution is 2.24. The lowest BCUT2D eigenvalue weighted by molar-refractivity contribution is 0.174. The fourth-order valence-electron chi connectivity index (χ4n) is 2.45. The molecule has 1 saturated heterocycles. The number of halogens is 1. The second-order valence-corrected chi connectivity index (χ2v) is 4.90. The van der Waals surface area contributed by atoms with E-state index in [4.69, 9.17) is 10.5 Å². The summed E-state index contributed by atoms with van der Waals surface area (Å²) in [6, 6.07) is 4.97. The highest BCUT2D eigenvalue weighted by molar-refractivity contribution is 5.31. The summed E-state index contributed by atoms with van der Waals surface area (Å²) in [7, 11) is 2.05. The molecule has 0 aromatic heterocycles. The average Bonchev–Trinajstić information content (AvgIpc) is 2.41. The van der Waals surface area contributed by atoms with Crippen molar-refractivity contribution < 1.29 is 9.13 Å². The fraction of sp³-hybridized carbons (Fsp3) is 0.571. The Morgan fingerprint density at radius 2 is 2.37 bits per heavy atom. The molecule has 0 radical (unpaired) electrons. The molecule has 1 fully saturated rings. The van der Waals surface area contributed by atoms with Crippen molar-refractivity contribution in [2.75, 3.05) is 33.3 Å². The first kappa shape index (κ1) is 14.2. The molecule has 1 aromatic rings. The van der Waals surface area contributed by atoms with Crippen LogP contribution in [0.1, 0.15) is 18.5 Å². The zero-order chi connectivity index (χ0) is 13.8. The van der Waals surface area contributed by atoms with Gasteiger partial charge in [-0.1, -0.05) is 6.07 Å². The summed E-state index contributed by atoms with van der Waals surface area (Å²) in [5.41, 5.74) is 7.07. The van der Waals surface area contributed by atoms with Gasteiger partial charge in [0.15, 0.2) is 11.6 Å². The highest BCUT2D eigenvalue weighted by Gasteiger charge is 2.26. The van der Waals surface area contributed by atoms with Crippen molar-refractivity contribution in [3.05, 3.63) is 29.6 Å². The lowest BCUT2D eigenvalue weighted by Gasteiger charge is -2.37. The van der Waals surface area contributed by atoms with Crippen LogP contribution in [-0.4, -0.2) is 44.2 Å². The van der Waals surface area contributed by atoms with Crippen LogP contribution >= 0.6 is 0 Å². The maximum atomic E-state index is 13.9. The Bertz CT molecular complexity index is 427. The zero-order valence-electron chi connectivity index (χ0n) is 11.5. The Balaban J connectivity index is 2.14. The van der Waals surface area contributed by atoms with Gasteiger partial charge in [0.05, 0.1) is 6.61 Å². The van der Waals surface area contributed by atoms with E-state index in [2.05, 4.69) is 17.3 Å². The molecular weight excluding hydrogens is 245 g/mol. The third kappa shape index (κ3) is 3.23. The third-order valence-corrected chi connectivity index (χ3v) is 3.62. The Kier molecular flexibility index (Phi) is 4.74. The number of ether oxygens (including phenoxy) is 1. The Labute approximate surface area is 113 Å². The predicted molar refractivity (Wildman–Crippen MR) is 73.8 cm³/mol. The van der Waals surface area contributed by atoms with Crippen LogP contribution in [0, 0.1) is 5.82 Å². The fourth-order valence-corrected chi connectivity index (χ4v) is 2.45. The van der Waals surface area contributed by atoms with E-state index in [9.17, 15) is 4.39 Å². The van der Waals surface area contributed by atoms with Crippen molar-refractivity contribution >= 4 is 0 Å². The van der Waals surface area contributed by atoms with Gasteiger partial charge in [0.25, 0.3) is 0 Å². The second-order valence-electron chi connectivity index (χ2n) is 4.90. The lowest BCUT2D eigenvalue weighted by atomic mass is 9.97. The molecular formula is C14H22FN3O. The SMILES string of the molecule is CCOc1ccc(C(N)C2CNCCN2C)cc1F. The zero-order valence-corrected chi connectivity index (χ0v) is 11.5. The molecule has 1 aliphatic heterocycles. The second kappa shape index (κ2) is 6.32. The predicted octanol–water partition coefficient (Wildman–Crippen LogP) is 1.13. The number of hydrogen-bond donors (Lipinski definition) is 2. The number of nitrogens with one attached hydrogen (secondary N) is 1. The van der Waals surface area contributed by atoms with E-state index < -0.39 is 0 Å². The largest absolute Gasteiger partial charge is 0.491 e. The molecule has 2 atom stereocenters. The minimum atomic E-state index is -0.346. The molecule has 3 N–H and O–H groups in total. The Hall–Kier alpha value is -1.17. The summed E-state index contributed by atoms with van der Waals surface area (Å²) in [6.45, 7) is 5.04. The van der Waals surface area contributed by atoms with E-state index >= 15 is 0 Å². The van der Waals surface area contributed by atoms with Gasteiger partial charge in [0, 0.05) is 31.7 Å². The summed E-state index contributed by atoms with van der Waals surface area (Å²) >= 11 is 0. The van der Waals surface area contributed by atoms with E-state index in [-0.39, 0.29) is 23.7 Å². The minimum Gasteiger partial charge on any atom is -0.491 e. The Morgan fingerprint density at radius 1 is 1.58 bits per heavy atom. The molecule has 1 heterocycles. The molecule has 19 heavy (non-hydrogen) atoms. The van der Waals surface area contributed by atoms with Gasteiger partial charge >= 0.3 is 0 Å². The molecule has 0 spiro atoms. The summed E-state index contributed by atoms with van der Waals surface area (Å²) < 4.78 is 19.1. The van der Waals surface area contributed by atoms with Crippen LogP contribution in [0.4, 0.5) is 4.39 Å². The molecule has 5 heteroatoms.